The minimum atomic E-state index is -0.654. The predicted octanol–water partition coefficient (Wildman–Crippen LogP) is 2.70. The zero-order chi connectivity index (χ0) is 14.7. The summed E-state index contributed by atoms with van der Waals surface area (Å²) in [5.41, 5.74) is 0.975. The van der Waals surface area contributed by atoms with Crippen LogP contribution in [-0.4, -0.2) is 22.3 Å². The summed E-state index contributed by atoms with van der Waals surface area (Å²) in [5.74, 6) is -0.220. The second-order valence-corrected chi connectivity index (χ2v) is 5.50. The van der Waals surface area contributed by atoms with E-state index in [0.29, 0.717) is 21.9 Å². The summed E-state index contributed by atoms with van der Waals surface area (Å²) >= 11 is 0. The lowest BCUT2D eigenvalue weighted by Crippen LogP contribution is -2.26. The van der Waals surface area contributed by atoms with Gasteiger partial charge in [-0.3, -0.25) is 4.79 Å². The first-order valence-electron chi connectivity index (χ1n) is 6.89. The average Bonchev–Trinajstić information content (AvgIpc) is 2.83. The molecular weight excluding hydrogens is 272 g/mol. The molecule has 0 aliphatic carbocycles. The number of hydrogen-bond donors (Lipinski definition) is 2. The van der Waals surface area contributed by atoms with Crippen LogP contribution in [0.2, 0.25) is 0 Å². The lowest BCUT2D eigenvalue weighted by molar-refractivity contribution is -0.143. The number of ether oxygens (including phenoxy) is 2. The topological polar surface area (TPSA) is 76.0 Å². The van der Waals surface area contributed by atoms with Crippen molar-refractivity contribution >= 4 is 16.7 Å². The molecule has 0 radical (unpaired) electrons. The summed E-state index contributed by atoms with van der Waals surface area (Å²) in [5, 5.41) is 22.3. The molecule has 108 valence electrons. The maximum absolute atomic E-state index is 11.5. The Kier molecular flexibility index (Phi) is 2.44. The van der Waals surface area contributed by atoms with Gasteiger partial charge in [-0.1, -0.05) is 24.3 Å². The number of esters is 1. The summed E-state index contributed by atoms with van der Waals surface area (Å²) in [6.07, 6.45) is -1.31. The van der Waals surface area contributed by atoms with Crippen molar-refractivity contribution in [3.05, 3.63) is 35.4 Å². The first-order valence-corrected chi connectivity index (χ1v) is 6.89. The van der Waals surface area contributed by atoms with Gasteiger partial charge in [-0.25, -0.2) is 0 Å². The minimum absolute atomic E-state index is 0.0539. The molecule has 0 amide bonds. The van der Waals surface area contributed by atoms with E-state index in [0.717, 1.165) is 0 Å². The van der Waals surface area contributed by atoms with E-state index in [1.165, 1.54) is 0 Å². The predicted molar refractivity (Wildman–Crippen MR) is 74.0 cm³/mol. The third-order valence-corrected chi connectivity index (χ3v) is 4.27. The smallest absolute Gasteiger partial charge is 0.309 e. The van der Waals surface area contributed by atoms with Gasteiger partial charge in [0.1, 0.15) is 17.6 Å². The van der Waals surface area contributed by atoms with Crippen LogP contribution in [0.1, 0.15) is 36.7 Å². The summed E-state index contributed by atoms with van der Waals surface area (Å²) in [6.45, 7) is 1.80. The number of phenols is 2. The fourth-order valence-corrected chi connectivity index (χ4v) is 3.37. The number of phenolic OH excluding ortho intramolecular Hbond substituents is 2. The fraction of sp³-hybridized carbons (Fsp3) is 0.312. The molecule has 4 rings (SSSR count). The number of rotatable bonds is 0. The molecule has 0 aromatic heterocycles. The van der Waals surface area contributed by atoms with Crippen LogP contribution in [0.5, 0.6) is 11.5 Å². The maximum atomic E-state index is 11.5. The Balaban J connectivity index is 2.07. The molecule has 0 saturated carbocycles. The number of carbonyl (C=O) groups excluding carboxylic acids is 1. The van der Waals surface area contributed by atoms with E-state index in [4.69, 9.17) is 9.47 Å². The van der Waals surface area contributed by atoms with Crippen molar-refractivity contribution in [1.29, 1.82) is 0 Å². The Morgan fingerprint density at radius 3 is 2.38 bits per heavy atom. The number of carbonyl (C=O) groups is 1. The van der Waals surface area contributed by atoms with E-state index < -0.39 is 18.3 Å². The highest BCUT2D eigenvalue weighted by atomic mass is 16.6. The molecule has 2 aromatic rings. The highest BCUT2D eigenvalue weighted by molar-refractivity contribution is 5.96. The molecule has 0 bridgehead atoms. The summed E-state index contributed by atoms with van der Waals surface area (Å²) < 4.78 is 11.1. The van der Waals surface area contributed by atoms with Crippen molar-refractivity contribution in [1.82, 2.24) is 0 Å². The SMILES string of the molecule is C[C@H]1O[C@@H]2CC(=O)O[C@@H]2c2c1c(O)c1ccccc1c2O. The van der Waals surface area contributed by atoms with E-state index >= 15 is 0 Å². The second kappa shape index (κ2) is 4.11. The van der Waals surface area contributed by atoms with Crippen LogP contribution in [0.15, 0.2) is 24.3 Å². The number of aromatic hydroxyl groups is 2. The zero-order valence-corrected chi connectivity index (χ0v) is 11.4. The van der Waals surface area contributed by atoms with E-state index in [2.05, 4.69) is 0 Å². The van der Waals surface area contributed by atoms with Gasteiger partial charge in [-0.2, -0.15) is 0 Å². The van der Waals surface area contributed by atoms with Crippen molar-refractivity contribution in [2.45, 2.75) is 31.7 Å². The first kappa shape index (κ1) is 12.5. The maximum Gasteiger partial charge on any atom is 0.309 e. The molecule has 2 aliphatic heterocycles. The van der Waals surface area contributed by atoms with Crippen molar-refractivity contribution < 1.29 is 24.5 Å². The Morgan fingerprint density at radius 2 is 1.71 bits per heavy atom. The Labute approximate surface area is 120 Å². The molecule has 5 nitrogen and oxygen atoms in total. The molecule has 3 atom stereocenters. The first-order chi connectivity index (χ1) is 10.1. The largest absolute Gasteiger partial charge is 0.507 e. The third kappa shape index (κ3) is 1.58. The lowest BCUT2D eigenvalue weighted by Gasteiger charge is -2.33. The van der Waals surface area contributed by atoms with E-state index in [-0.39, 0.29) is 23.9 Å². The van der Waals surface area contributed by atoms with E-state index in [9.17, 15) is 15.0 Å². The summed E-state index contributed by atoms with van der Waals surface area (Å²) in [6, 6.07) is 7.05. The number of hydrogen-bond acceptors (Lipinski definition) is 5. The Morgan fingerprint density at radius 1 is 1.10 bits per heavy atom. The molecule has 2 aromatic carbocycles. The van der Waals surface area contributed by atoms with Gasteiger partial charge in [0, 0.05) is 21.9 Å². The van der Waals surface area contributed by atoms with Crippen molar-refractivity contribution in [3.63, 3.8) is 0 Å². The Hall–Kier alpha value is -2.27. The van der Waals surface area contributed by atoms with Crippen LogP contribution in [0.25, 0.3) is 10.8 Å². The second-order valence-electron chi connectivity index (χ2n) is 5.50. The highest BCUT2D eigenvalue weighted by Crippen LogP contribution is 2.53. The zero-order valence-electron chi connectivity index (χ0n) is 11.4. The molecule has 2 N–H and O–H groups in total. The molecule has 1 saturated heterocycles. The summed E-state index contributed by atoms with van der Waals surface area (Å²) in [4.78, 5) is 11.5. The molecular formula is C16H14O5. The molecule has 0 unspecified atom stereocenters. The van der Waals surface area contributed by atoms with Gasteiger partial charge in [-0.05, 0) is 6.92 Å². The van der Waals surface area contributed by atoms with Crippen LogP contribution in [0, 0.1) is 0 Å². The van der Waals surface area contributed by atoms with Crippen LogP contribution in [0.3, 0.4) is 0 Å². The molecule has 0 spiro atoms. The van der Waals surface area contributed by atoms with Gasteiger partial charge in [0.2, 0.25) is 0 Å². The molecule has 21 heavy (non-hydrogen) atoms. The van der Waals surface area contributed by atoms with Gasteiger partial charge in [0.15, 0.2) is 6.10 Å². The quantitative estimate of drug-likeness (QED) is 0.575. The minimum Gasteiger partial charge on any atom is -0.507 e. The van der Waals surface area contributed by atoms with E-state index in [1.54, 1.807) is 31.2 Å². The number of benzene rings is 2. The number of fused-ring (bicyclic) bond motifs is 4. The van der Waals surface area contributed by atoms with E-state index in [1.807, 2.05) is 0 Å². The van der Waals surface area contributed by atoms with Gasteiger partial charge < -0.3 is 19.7 Å². The van der Waals surface area contributed by atoms with Crippen molar-refractivity contribution in [2.24, 2.45) is 0 Å². The summed E-state index contributed by atoms with van der Waals surface area (Å²) in [7, 11) is 0. The molecule has 1 fully saturated rings. The van der Waals surface area contributed by atoms with Crippen molar-refractivity contribution in [3.8, 4) is 11.5 Å². The molecule has 2 heterocycles. The van der Waals surface area contributed by atoms with Crippen LogP contribution >= 0.6 is 0 Å². The van der Waals surface area contributed by atoms with Crippen LogP contribution in [0.4, 0.5) is 0 Å². The molecule has 5 heteroatoms. The Bertz CT molecular complexity index is 767. The lowest BCUT2D eigenvalue weighted by atomic mass is 9.87. The monoisotopic (exact) mass is 286 g/mol. The van der Waals surface area contributed by atoms with Crippen LogP contribution in [-0.2, 0) is 14.3 Å². The van der Waals surface area contributed by atoms with Crippen molar-refractivity contribution in [2.75, 3.05) is 0 Å². The van der Waals surface area contributed by atoms with Crippen LogP contribution < -0.4 is 0 Å². The third-order valence-electron chi connectivity index (χ3n) is 4.27. The van der Waals surface area contributed by atoms with Gasteiger partial charge in [0.25, 0.3) is 0 Å². The van der Waals surface area contributed by atoms with Gasteiger partial charge in [0.05, 0.1) is 12.5 Å². The van der Waals surface area contributed by atoms with Gasteiger partial charge >= 0.3 is 5.97 Å². The standard InChI is InChI=1S/C16H14O5/c1-7-12-13(16-10(20-7)6-11(17)21-16)15(19)9-5-3-2-4-8(9)14(12)18/h2-5,7,10,16,18-19H,6H2,1H3/t7-,10-,16+/m1/s1. The molecule has 2 aliphatic rings. The normalized spacial score (nSPS) is 27.3. The highest BCUT2D eigenvalue weighted by Gasteiger charge is 2.46. The fourth-order valence-electron chi connectivity index (χ4n) is 3.37. The van der Waals surface area contributed by atoms with Gasteiger partial charge in [-0.15, -0.1) is 0 Å². The average molecular weight is 286 g/mol.